The number of carbonyl (C=O) groups is 2. The fourth-order valence-corrected chi connectivity index (χ4v) is 2.47. The zero-order valence-corrected chi connectivity index (χ0v) is 11.7. The lowest BCUT2D eigenvalue weighted by Crippen LogP contribution is -2.28. The topological polar surface area (TPSA) is 62.3 Å². The molecule has 1 saturated heterocycles. The van der Waals surface area contributed by atoms with Crippen LogP contribution < -0.4 is 10.2 Å². The van der Waals surface area contributed by atoms with Crippen molar-refractivity contribution in [1.82, 2.24) is 4.98 Å². The summed E-state index contributed by atoms with van der Waals surface area (Å²) < 4.78 is 13.8. The van der Waals surface area contributed by atoms with Crippen LogP contribution in [0.3, 0.4) is 0 Å². The summed E-state index contributed by atoms with van der Waals surface area (Å²) in [4.78, 5) is 29.5. The van der Waals surface area contributed by atoms with Crippen LogP contribution in [0.25, 0.3) is 0 Å². The molecule has 0 unspecified atom stereocenters. The van der Waals surface area contributed by atoms with Gasteiger partial charge in [0.25, 0.3) is 0 Å². The molecule has 112 valence electrons. The lowest BCUT2D eigenvalue weighted by atomic mass is 10.1. The fraction of sp³-hybridized carbons (Fsp3) is 0.188. The van der Waals surface area contributed by atoms with E-state index in [9.17, 15) is 14.0 Å². The zero-order valence-electron chi connectivity index (χ0n) is 11.7. The molecule has 1 fully saturated rings. The molecule has 2 heterocycles. The molecular formula is C16H14FN3O2. The molecular weight excluding hydrogens is 285 g/mol. The van der Waals surface area contributed by atoms with Gasteiger partial charge in [-0.15, -0.1) is 0 Å². The van der Waals surface area contributed by atoms with E-state index in [0.29, 0.717) is 5.69 Å². The molecule has 2 amide bonds. The van der Waals surface area contributed by atoms with E-state index in [0.717, 1.165) is 0 Å². The lowest BCUT2D eigenvalue weighted by molar-refractivity contribution is -0.122. The van der Waals surface area contributed by atoms with Crippen molar-refractivity contribution in [2.75, 3.05) is 16.8 Å². The van der Waals surface area contributed by atoms with Crippen LogP contribution in [0.5, 0.6) is 0 Å². The molecule has 0 saturated carbocycles. The Kier molecular flexibility index (Phi) is 3.82. The number of amides is 2. The summed E-state index contributed by atoms with van der Waals surface area (Å²) in [6.07, 6.45) is 3.22. The zero-order chi connectivity index (χ0) is 15.5. The smallest absolute Gasteiger partial charge is 0.229 e. The number of hydrogen-bond acceptors (Lipinski definition) is 3. The molecule has 22 heavy (non-hydrogen) atoms. The van der Waals surface area contributed by atoms with Crippen LogP contribution in [0.2, 0.25) is 0 Å². The van der Waals surface area contributed by atoms with Crippen molar-refractivity contribution >= 4 is 23.2 Å². The van der Waals surface area contributed by atoms with E-state index in [4.69, 9.17) is 0 Å². The van der Waals surface area contributed by atoms with Crippen molar-refractivity contribution in [3.63, 3.8) is 0 Å². The third-order valence-electron chi connectivity index (χ3n) is 3.59. The van der Waals surface area contributed by atoms with Crippen LogP contribution >= 0.6 is 0 Å². The van der Waals surface area contributed by atoms with Crippen LogP contribution in [0.1, 0.15) is 6.42 Å². The van der Waals surface area contributed by atoms with Gasteiger partial charge in [0.1, 0.15) is 5.82 Å². The minimum atomic E-state index is -0.500. The molecule has 1 atom stereocenters. The second kappa shape index (κ2) is 5.93. The highest BCUT2D eigenvalue weighted by molar-refractivity contribution is 6.03. The Labute approximate surface area is 126 Å². The molecule has 1 N–H and O–H groups in total. The molecule has 1 aliphatic rings. The predicted molar refractivity (Wildman–Crippen MR) is 79.7 cm³/mol. The molecule has 0 radical (unpaired) electrons. The second-order valence-corrected chi connectivity index (χ2v) is 5.08. The number of pyridine rings is 1. The fourth-order valence-electron chi connectivity index (χ4n) is 2.47. The summed E-state index contributed by atoms with van der Waals surface area (Å²) in [5, 5.41) is 2.74. The molecule has 0 spiro atoms. The largest absolute Gasteiger partial charge is 0.326 e. The van der Waals surface area contributed by atoms with E-state index >= 15 is 0 Å². The third-order valence-corrected chi connectivity index (χ3v) is 3.59. The number of carbonyl (C=O) groups excluding carboxylic acids is 2. The first-order valence-electron chi connectivity index (χ1n) is 6.91. The number of para-hydroxylation sites is 1. The molecule has 1 aliphatic heterocycles. The summed E-state index contributed by atoms with van der Waals surface area (Å²) >= 11 is 0. The lowest BCUT2D eigenvalue weighted by Gasteiger charge is -2.17. The van der Waals surface area contributed by atoms with Crippen molar-refractivity contribution in [1.29, 1.82) is 0 Å². The highest BCUT2D eigenvalue weighted by Crippen LogP contribution is 2.27. The number of halogens is 1. The van der Waals surface area contributed by atoms with Crippen LogP contribution in [0.15, 0.2) is 48.8 Å². The first-order chi connectivity index (χ1) is 10.6. The number of nitrogens with one attached hydrogen (secondary N) is 1. The number of aromatic nitrogens is 1. The maximum absolute atomic E-state index is 13.8. The highest BCUT2D eigenvalue weighted by Gasteiger charge is 2.36. The van der Waals surface area contributed by atoms with E-state index in [1.807, 2.05) is 0 Å². The normalized spacial score (nSPS) is 17.6. The first kappa shape index (κ1) is 14.2. The first-order valence-corrected chi connectivity index (χ1v) is 6.91. The van der Waals surface area contributed by atoms with Gasteiger partial charge >= 0.3 is 0 Å². The van der Waals surface area contributed by atoms with E-state index in [-0.39, 0.29) is 30.5 Å². The van der Waals surface area contributed by atoms with Crippen molar-refractivity contribution in [2.24, 2.45) is 5.92 Å². The summed E-state index contributed by atoms with van der Waals surface area (Å²) in [5.74, 6) is -1.47. The molecule has 5 nitrogen and oxygen atoms in total. The Morgan fingerprint density at radius 3 is 2.68 bits per heavy atom. The molecule has 2 aromatic rings. The number of benzene rings is 1. The Hall–Kier alpha value is -2.76. The van der Waals surface area contributed by atoms with Gasteiger partial charge in [0.2, 0.25) is 11.8 Å². The number of hydrogen-bond donors (Lipinski definition) is 1. The standard InChI is InChI=1S/C16H14FN3O2/c17-13-3-1-2-4-14(13)20-10-11(9-15(20)21)16(22)19-12-5-7-18-8-6-12/h1-8,11H,9-10H2,(H,18,19,22)/t11-/m1/s1. The van der Waals surface area contributed by atoms with Gasteiger partial charge < -0.3 is 10.2 Å². The average molecular weight is 299 g/mol. The van der Waals surface area contributed by atoms with Crippen molar-refractivity contribution in [2.45, 2.75) is 6.42 Å². The summed E-state index contributed by atoms with van der Waals surface area (Å²) in [6, 6.07) is 9.40. The van der Waals surface area contributed by atoms with Crippen molar-refractivity contribution in [3.8, 4) is 0 Å². The quantitative estimate of drug-likeness (QED) is 0.945. The second-order valence-electron chi connectivity index (χ2n) is 5.08. The summed E-state index contributed by atoms with van der Waals surface area (Å²) in [5.41, 5.74) is 0.837. The minimum absolute atomic E-state index is 0.0747. The van der Waals surface area contributed by atoms with Gasteiger partial charge in [-0.05, 0) is 24.3 Å². The third kappa shape index (κ3) is 2.81. The molecule has 6 heteroatoms. The van der Waals surface area contributed by atoms with Gasteiger partial charge in [0, 0.05) is 31.0 Å². The van der Waals surface area contributed by atoms with Crippen molar-refractivity contribution in [3.05, 3.63) is 54.6 Å². The Morgan fingerprint density at radius 2 is 1.95 bits per heavy atom. The van der Waals surface area contributed by atoms with Gasteiger partial charge in [-0.1, -0.05) is 12.1 Å². The molecule has 1 aromatic heterocycles. The van der Waals surface area contributed by atoms with Gasteiger partial charge in [-0.3, -0.25) is 14.6 Å². The van der Waals surface area contributed by atoms with Crippen LogP contribution in [-0.2, 0) is 9.59 Å². The molecule has 1 aromatic carbocycles. The Bertz CT molecular complexity index is 706. The molecule has 0 aliphatic carbocycles. The number of rotatable bonds is 3. The number of nitrogens with zero attached hydrogens (tertiary/aromatic N) is 2. The van der Waals surface area contributed by atoms with Crippen LogP contribution in [-0.4, -0.2) is 23.3 Å². The maximum Gasteiger partial charge on any atom is 0.229 e. The van der Waals surface area contributed by atoms with Crippen molar-refractivity contribution < 1.29 is 14.0 Å². The van der Waals surface area contributed by atoms with Gasteiger partial charge in [0.05, 0.1) is 11.6 Å². The highest BCUT2D eigenvalue weighted by atomic mass is 19.1. The van der Waals surface area contributed by atoms with Gasteiger partial charge in [-0.25, -0.2) is 4.39 Å². The average Bonchev–Trinajstić information content (AvgIpc) is 2.91. The van der Waals surface area contributed by atoms with Gasteiger partial charge in [0.15, 0.2) is 0 Å². The maximum atomic E-state index is 13.8. The van der Waals surface area contributed by atoms with Gasteiger partial charge in [-0.2, -0.15) is 0 Å². The van der Waals surface area contributed by atoms with Crippen LogP contribution in [0.4, 0.5) is 15.8 Å². The van der Waals surface area contributed by atoms with E-state index in [2.05, 4.69) is 10.3 Å². The number of anilines is 2. The van der Waals surface area contributed by atoms with E-state index in [1.54, 1.807) is 36.7 Å². The summed E-state index contributed by atoms with van der Waals surface area (Å²) in [6.45, 7) is 0.177. The monoisotopic (exact) mass is 299 g/mol. The Morgan fingerprint density at radius 1 is 1.23 bits per heavy atom. The van der Waals surface area contributed by atoms with E-state index in [1.165, 1.54) is 17.0 Å². The predicted octanol–water partition coefficient (Wildman–Crippen LogP) is 2.21. The minimum Gasteiger partial charge on any atom is -0.326 e. The van der Waals surface area contributed by atoms with E-state index < -0.39 is 11.7 Å². The Balaban J connectivity index is 1.72. The summed E-state index contributed by atoms with van der Waals surface area (Å²) in [7, 11) is 0. The molecule has 3 rings (SSSR count). The SMILES string of the molecule is O=C(Nc1ccncc1)[C@@H]1CC(=O)N(c2ccccc2F)C1. The van der Waals surface area contributed by atoms with Crippen LogP contribution in [0, 0.1) is 11.7 Å². The molecule has 0 bridgehead atoms.